The average molecular weight is 283 g/mol. The van der Waals surface area contributed by atoms with Gasteiger partial charge < -0.3 is 21.4 Å². The molecule has 0 aliphatic carbocycles. The number of amides is 1. The van der Waals surface area contributed by atoms with Crippen LogP contribution < -0.4 is 11.1 Å². The molecule has 0 atom stereocenters. The van der Waals surface area contributed by atoms with E-state index >= 15 is 0 Å². The van der Waals surface area contributed by atoms with Crippen molar-refractivity contribution in [3.05, 3.63) is 29.6 Å². The number of carbonyl (C=O) groups excluding carboxylic acids is 1. The Balaban J connectivity index is 3.12. The lowest BCUT2D eigenvalue weighted by Gasteiger charge is -2.31. The van der Waals surface area contributed by atoms with Crippen LogP contribution in [0.1, 0.15) is 37.0 Å². The van der Waals surface area contributed by atoms with Gasteiger partial charge in [-0.25, -0.2) is 4.39 Å². The van der Waals surface area contributed by atoms with Gasteiger partial charge in [-0.05, 0) is 31.0 Å². The summed E-state index contributed by atoms with van der Waals surface area (Å²) in [5, 5.41) is 23.9. The molecule has 0 heterocycles. The molecule has 1 amide bonds. The van der Waals surface area contributed by atoms with Crippen LogP contribution in [0.15, 0.2) is 23.4 Å². The summed E-state index contributed by atoms with van der Waals surface area (Å²) < 4.78 is 13.1. The molecule has 20 heavy (non-hydrogen) atoms. The Morgan fingerprint density at radius 2 is 2.05 bits per heavy atom. The number of amidine groups is 1. The van der Waals surface area contributed by atoms with Crippen LogP contribution in [-0.4, -0.2) is 27.6 Å². The van der Waals surface area contributed by atoms with Gasteiger partial charge in [0, 0.05) is 0 Å². The minimum absolute atomic E-state index is 0.147. The predicted octanol–water partition coefficient (Wildman–Crippen LogP) is 1.57. The Morgan fingerprint density at radius 3 is 2.55 bits per heavy atom. The molecule has 0 saturated heterocycles. The summed E-state index contributed by atoms with van der Waals surface area (Å²) in [6.07, 6.45) is 0.752. The Kier molecular flexibility index (Phi) is 4.90. The summed E-state index contributed by atoms with van der Waals surface area (Å²) in [6.45, 7) is 3.51. The van der Waals surface area contributed by atoms with Crippen molar-refractivity contribution >= 4 is 11.7 Å². The second-order valence-corrected chi connectivity index (χ2v) is 4.39. The zero-order chi connectivity index (χ0) is 15.3. The summed E-state index contributed by atoms with van der Waals surface area (Å²) >= 11 is 0. The number of rotatable bonds is 5. The van der Waals surface area contributed by atoms with E-state index < -0.39 is 17.3 Å². The van der Waals surface area contributed by atoms with Crippen molar-refractivity contribution in [2.45, 2.75) is 32.2 Å². The molecule has 7 heteroatoms. The average Bonchev–Trinajstić information content (AvgIpc) is 2.46. The molecule has 0 spiro atoms. The summed E-state index contributed by atoms with van der Waals surface area (Å²) in [6, 6.07) is 3.06. The van der Waals surface area contributed by atoms with Crippen LogP contribution in [0.2, 0.25) is 0 Å². The van der Waals surface area contributed by atoms with Crippen LogP contribution in [0.3, 0.4) is 0 Å². The van der Waals surface area contributed by atoms with Crippen molar-refractivity contribution in [1.29, 1.82) is 0 Å². The Bertz CT molecular complexity index is 528. The maximum atomic E-state index is 13.1. The van der Waals surface area contributed by atoms with Gasteiger partial charge in [0.15, 0.2) is 5.84 Å². The minimum Gasteiger partial charge on any atom is -0.507 e. The van der Waals surface area contributed by atoms with E-state index in [0.29, 0.717) is 12.8 Å². The summed E-state index contributed by atoms with van der Waals surface area (Å²) in [5.41, 5.74) is 4.36. The molecule has 1 aromatic rings. The molecule has 0 unspecified atom stereocenters. The van der Waals surface area contributed by atoms with Crippen LogP contribution in [0, 0.1) is 5.82 Å². The van der Waals surface area contributed by atoms with Crippen LogP contribution in [-0.2, 0) is 0 Å². The fourth-order valence-corrected chi connectivity index (χ4v) is 1.92. The maximum Gasteiger partial charge on any atom is 0.255 e. The Labute approximate surface area is 116 Å². The van der Waals surface area contributed by atoms with E-state index in [0.717, 1.165) is 18.2 Å². The molecule has 6 nitrogen and oxygen atoms in total. The Morgan fingerprint density at radius 1 is 1.45 bits per heavy atom. The summed E-state index contributed by atoms with van der Waals surface area (Å²) in [7, 11) is 0. The summed E-state index contributed by atoms with van der Waals surface area (Å²) in [5.74, 6) is -1.83. The zero-order valence-electron chi connectivity index (χ0n) is 11.4. The minimum atomic E-state index is -1.05. The molecule has 0 bridgehead atoms. The molecule has 5 N–H and O–H groups in total. The van der Waals surface area contributed by atoms with Crippen molar-refractivity contribution in [3.63, 3.8) is 0 Å². The first-order valence-electron chi connectivity index (χ1n) is 6.19. The van der Waals surface area contributed by atoms with Gasteiger partial charge in [0.1, 0.15) is 17.1 Å². The molecular weight excluding hydrogens is 265 g/mol. The van der Waals surface area contributed by atoms with Crippen molar-refractivity contribution in [1.82, 2.24) is 5.32 Å². The second-order valence-electron chi connectivity index (χ2n) is 4.39. The van der Waals surface area contributed by atoms with Gasteiger partial charge in [0.25, 0.3) is 5.91 Å². The maximum absolute atomic E-state index is 13.1. The highest BCUT2D eigenvalue weighted by Crippen LogP contribution is 2.21. The van der Waals surface area contributed by atoms with Crippen molar-refractivity contribution in [2.75, 3.05) is 0 Å². The third-order valence-electron chi connectivity index (χ3n) is 3.36. The Hall–Kier alpha value is -2.31. The van der Waals surface area contributed by atoms with E-state index in [4.69, 9.17) is 10.9 Å². The number of nitrogens with zero attached hydrogens (tertiary/aromatic N) is 1. The van der Waals surface area contributed by atoms with E-state index in [9.17, 15) is 14.3 Å². The van der Waals surface area contributed by atoms with Gasteiger partial charge in [-0.2, -0.15) is 0 Å². The number of nitrogens with one attached hydrogen (secondary N) is 1. The molecule has 0 aromatic heterocycles. The van der Waals surface area contributed by atoms with Crippen LogP contribution in [0.4, 0.5) is 4.39 Å². The number of nitrogens with two attached hydrogens (primary N) is 1. The van der Waals surface area contributed by atoms with Gasteiger partial charge >= 0.3 is 0 Å². The first-order chi connectivity index (χ1) is 9.40. The van der Waals surface area contributed by atoms with Crippen LogP contribution >= 0.6 is 0 Å². The molecule has 0 aliphatic rings. The number of carbonyl (C=O) groups is 1. The molecule has 0 aliphatic heterocycles. The predicted molar refractivity (Wildman–Crippen MR) is 72.3 cm³/mol. The van der Waals surface area contributed by atoms with E-state index in [-0.39, 0.29) is 17.1 Å². The van der Waals surface area contributed by atoms with E-state index in [1.807, 2.05) is 0 Å². The molecule has 110 valence electrons. The standard InChI is InChI=1S/C13H18FN3O3/c1-3-13(4-2,12(15)17-20)16-11(19)9-7-8(14)5-6-10(9)18/h5-7,18,20H,3-4H2,1-2H3,(H2,15,17)(H,16,19). The number of hydrogen-bond donors (Lipinski definition) is 4. The lowest BCUT2D eigenvalue weighted by molar-refractivity contribution is 0.0914. The molecule has 1 rings (SSSR count). The van der Waals surface area contributed by atoms with Gasteiger partial charge in [-0.1, -0.05) is 19.0 Å². The summed E-state index contributed by atoms with van der Waals surface area (Å²) in [4.78, 5) is 12.1. The number of phenols is 1. The van der Waals surface area contributed by atoms with Crippen molar-refractivity contribution < 1.29 is 19.5 Å². The first-order valence-corrected chi connectivity index (χ1v) is 6.19. The highest BCUT2D eigenvalue weighted by atomic mass is 19.1. The van der Waals surface area contributed by atoms with Crippen LogP contribution in [0.25, 0.3) is 0 Å². The third kappa shape index (κ3) is 2.98. The number of oxime groups is 1. The van der Waals surface area contributed by atoms with Gasteiger partial charge in [-0.3, -0.25) is 4.79 Å². The number of halogens is 1. The highest BCUT2D eigenvalue weighted by molar-refractivity contribution is 6.01. The molecular formula is C13H18FN3O3. The molecule has 0 radical (unpaired) electrons. The molecule has 0 saturated carbocycles. The third-order valence-corrected chi connectivity index (χ3v) is 3.36. The normalized spacial score (nSPS) is 12.2. The fraction of sp³-hybridized carbons (Fsp3) is 0.385. The van der Waals surface area contributed by atoms with Gasteiger partial charge in [0.05, 0.1) is 5.56 Å². The topological polar surface area (TPSA) is 108 Å². The largest absolute Gasteiger partial charge is 0.507 e. The monoisotopic (exact) mass is 283 g/mol. The van der Waals surface area contributed by atoms with Gasteiger partial charge in [0.2, 0.25) is 0 Å². The lowest BCUT2D eigenvalue weighted by Crippen LogP contribution is -2.56. The fourth-order valence-electron chi connectivity index (χ4n) is 1.92. The lowest BCUT2D eigenvalue weighted by atomic mass is 9.91. The SMILES string of the molecule is CCC(CC)(NC(=O)c1cc(F)ccc1O)/C(N)=N/O. The van der Waals surface area contributed by atoms with Crippen LogP contribution in [0.5, 0.6) is 5.75 Å². The number of phenolic OH excluding ortho intramolecular Hbond substituents is 1. The van der Waals surface area contributed by atoms with E-state index in [1.54, 1.807) is 13.8 Å². The highest BCUT2D eigenvalue weighted by Gasteiger charge is 2.34. The molecule has 1 aromatic carbocycles. The second kappa shape index (κ2) is 6.23. The smallest absolute Gasteiger partial charge is 0.255 e. The zero-order valence-corrected chi connectivity index (χ0v) is 11.4. The quantitative estimate of drug-likeness (QED) is 0.284. The first kappa shape index (κ1) is 15.7. The number of aromatic hydroxyl groups is 1. The number of benzene rings is 1. The van der Waals surface area contributed by atoms with E-state index in [2.05, 4.69) is 10.5 Å². The molecule has 0 fully saturated rings. The van der Waals surface area contributed by atoms with Crippen molar-refractivity contribution in [2.24, 2.45) is 10.9 Å². The van der Waals surface area contributed by atoms with Gasteiger partial charge in [-0.15, -0.1) is 0 Å². The van der Waals surface area contributed by atoms with E-state index in [1.165, 1.54) is 0 Å². The van der Waals surface area contributed by atoms with Crippen molar-refractivity contribution in [3.8, 4) is 5.75 Å². The number of hydrogen-bond acceptors (Lipinski definition) is 4.